The third-order valence-electron chi connectivity index (χ3n) is 1.81. The van der Waals surface area contributed by atoms with Crippen LogP contribution in [0.4, 0.5) is 4.79 Å². The summed E-state index contributed by atoms with van der Waals surface area (Å²) < 4.78 is 0. The summed E-state index contributed by atoms with van der Waals surface area (Å²) in [5.74, 6) is 0. The first-order valence-electron chi connectivity index (χ1n) is 3.94. The SMILES string of the molecule is O=C(N1CCNN1)N1CCNN1. The summed E-state index contributed by atoms with van der Waals surface area (Å²) in [6.45, 7) is 2.95. The molecule has 0 bridgehead atoms. The Bertz CT molecular complexity index is 155. The Kier molecular flexibility index (Phi) is 2.09. The van der Waals surface area contributed by atoms with Crippen molar-refractivity contribution in [2.75, 3.05) is 26.2 Å². The van der Waals surface area contributed by atoms with Crippen molar-refractivity contribution in [2.24, 2.45) is 0 Å². The molecule has 0 radical (unpaired) electrons. The quantitative estimate of drug-likeness (QED) is 0.332. The second kappa shape index (κ2) is 3.23. The van der Waals surface area contributed by atoms with E-state index in [0.29, 0.717) is 13.1 Å². The zero-order valence-electron chi connectivity index (χ0n) is 6.63. The second-order valence-corrected chi connectivity index (χ2v) is 2.66. The van der Waals surface area contributed by atoms with E-state index in [1.165, 1.54) is 10.0 Å². The Hall–Kier alpha value is -0.890. The van der Waals surface area contributed by atoms with Gasteiger partial charge in [-0.15, -0.1) is 0 Å². The smallest absolute Gasteiger partial charge is 0.245 e. The maximum Gasteiger partial charge on any atom is 0.350 e. The normalized spacial score (nSPS) is 23.7. The molecule has 2 heterocycles. The number of hydrogen-bond donors (Lipinski definition) is 4. The first-order valence-corrected chi connectivity index (χ1v) is 3.94. The average molecular weight is 172 g/mol. The first-order chi connectivity index (χ1) is 5.88. The van der Waals surface area contributed by atoms with E-state index in [4.69, 9.17) is 0 Å². The number of nitrogens with one attached hydrogen (secondary N) is 4. The van der Waals surface area contributed by atoms with Crippen LogP contribution in [0, 0.1) is 0 Å². The van der Waals surface area contributed by atoms with Gasteiger partial charge in [-0.3, -0.25) is 0 Å². The minimum Gasteiger partial charge on any atom is -0.245 e. The van der Waals surface area contributed by atoms with Crippen molar-refractivity contribution in [3.63, 3.8) is 0 Å². The molecule has 0 spiro atoms. The van der Waals surface area contributed by atoms with Crippen molar-refractivity contribution in [3.8, 4) is 0 Å². The zero-order valence-corrected chi connectivity index (χ0v) is 6.63. The number of carbonyl (C=O) groups is 1. The van der Waals surface area contributed by atoms with Gasteiger partial charge in [0.2, 0.25) is 0 Å². The van der Waals surface area contributed by atoms with Crippen molar-refractivity contribution < 1.29 is 4.79 Å². The van der Waals surface area contributed by atoms with Crippen LogP contribution in [0.1, 0.15) is 0 Å². The van der Waals surface area contributed by atoms with Crippen LogP contribution in [0.15, 0.2) is 0 Å². The fraction of sp³-hybridized carbons (Fsp3) is 0.800. The van der Waals surface area contributed by atoms with Crippen LogP contribution in [0.2, 0.25) is 0 Å². The third kappa shape index (κ3) is 1.34. The van der Waals surface area contributed by atoms with Gasteiger partial charge < -0.3 is 0 Å². The predicted octanol–water partition coefficient (Wildman–Crippen LogP) is -2.24. The van der Waals surface area contributed by atoms with Gasteiger partial charge in [0.05, 0.1) is 13.1 Å². The highest BCUT2D eigenvalue weighted by atomic mass is 16.2. The second-order valence-electron chi connectivity index (χ2n) is 2.66. The molecule has 0 aromatic carbocycles. The molecular weight excluding hydrogens is 160 g/mol. The monoisotopic (exact) mass is 172 g/mol. The molecule has 0 unspecified atom stereocenters. The van der Waals surface area contributed by atoms with Crippen molar-refractivity contribution in [2.45, 2.75) is 0 Å². The Morgan fingerprint density at radius 3 is 1.83 bits per heavy atom. The lowest BCUT2D eigenvalue weighted by Gasteiger charge is -2.21. The Morgan fingerprint density at radius 1 is 1.00 bits per heavy atom. The number of urea groups is 1. The van der Waals surface area contributed by atoms with Crippen LogP contribution in [-0.2, 0) is 0 Å². The van der Waals surface area contributed by atoms with Crippen LogP contribution in [0.3, 0.4) is 0 Å². The van der Waals surface area contributed by atoms with E-state index < -0.39 is 0 Å². The molecule has 7 heteroatoms. The van der Waals surface area contributed by atoms with Gasteiger partial charge in [-0.1, -0.05) is 0 Å². The molecule has 7 nitrogen and oxygen atoms in total. The molecule has 0 aliphatic carbocycles. The molecule has 12 heavy (non-hydrogen) atoms. The van der Waals surface area contributed by atoms with E-state index in [1.54, 1.807) is 0 Å². The van der Waals surface area contributed by atoms with Gasteiger partial charge in [-0.2, -0.15) is 11.1 Å². The maximum absolute atomic E-state index is 11.5. The molecule has 2 aliphatic rings. The Balaban J connectivity index is 1.89. The Morgan fingerprint density at radius 2 is 1.50 bits per heavy atom. The number of hydrazine groups is 4. The lowest BCUT2D eigenvalue weighted by Crippen LogP contribution is -2.51. The summed E-state index contributed by atoms with van der Waals surface area (Å²) in [5.41, 5.74) is 11.2. The van der Waals surface area contributed by atoms with Gasteiger partial charge in [0.15, 0.2) is 0 Å². The molecule has 0 saturated carbocycles. The van der Waals surface area contributed by atoms with Crippen LogP contribution in [0.5, 0.6) is 0 Å². The molecule has 2 fully saturated rings. The molecule has 0 atom stereocenters. The number of nitrogens with zero attached hydrogens (tertiary/aromatic N) is 2. The van der Waals surface area contributed by atoms with E-state index in [9.17, 15) is 4.79 Å². The van der Waals surface area contributed by atoms with Gasteiger partial charge in [0.25, 0.3) is 0 Å². The maximum atomic E-state index is 11.5. The van der Waals surface area contributed by atoms with E-state index >= 15 is 0 Å². The molecule has 68 valence electrons. The summed E-state index contributed by atoms with van der Waals surface area (Å²) in [7, 11) is 0. The molecule has 0 aromatic rings. The van der Waals surface area contributed by atoms with E-state index in [-0.39, 0.29) is 6.03 Å². The highest BCUT2D eigenvalue weighted by Gasteiger charge is 2.25. The van der Waals surface area contributed by atoms with Crippen molar-refractivity contribution >= 4 is 6.03 Å². The number of hydrogen-bond acceptors (Lipinski definition) is 5. The molecule has 2 aliphatic heterocycles. The van der Waals surface area contributed by atoms with Crippen molar-refractivity contribution in [1.29, 1.82) is 0 Å². The van der Waals surface area contributed by atoms with Crippen molar-refractivity contribution in [1.82, 2.24) is 31.9 Å². The van der Waals surface area contributed by atoms with Crippen LogP contribution in [-0.4, -0.2) is 42.2 Å². The minimum atomic E-state index is -0.0648. The van der Waals surface area contributed by atoms with Gasteiger partial charge >= 0.3 is 6.03 Å². The van der Waals surface area contributed by atoms with E-state index in [1.807, 2.05) is 0 Å². The first kappa shape index (κ1) is 7.74. The standard InChI is InChI=1S/C5H12N6O/c12-5(10-3-1-6-8-10)11-4-2-7-9-11/h6-9H,1-4H2. The summed E-state index contributed by atoms with van der Waals surface area (Å²) in [6.07, 6.45) is 0. The van der Waals surface area contributed by atoms with Gasteiger partial charge in [0.1, 0.15) is 0 Å². The molecule has 4 N–H and O–H groups in total. The Labute approximate surface area is 69.9 Å². The lowest BCUT2D eigenvalue weighted by atomic mass is 10.6. The number of carbonyl (C=O) groups excluding carboxylic acids is 1. The predicted molar refractivity (Wildman–Crippen MR) is 41.1 cm³/mol. The van der Waals surface area contributed by atoms with Crippen LogP contribution >= 0.6 is 0 Å². The molecule has 2 saturated heterocycles. The number of amides is 2. The third-order valence-corrected chi connectivity index (χ3v) is 1.81. The van der Waals surface area contributed by atoms with Gasteiger partial charge in [-0.05, 0) is 0 Å². The summed E-state index contributed by atoms with van der Waals surface area (Å²) >= 11 is 0. The van der Waals surface area contributed by atoms with E-state index in [0.717, 1.165) is 13.1 Å². The summed E-state index contributed by atoms with van der Waals surface area (Å²) in [6, 6.07) is -0.0648. The van der Waals surface area contributed by atoms with Crippen molar-refractivity contribution in [3.05, 3.63) is 0 Å². The summed E-state index contributed by atoms with van der Waals surface area (Å²) in [4.78, 5) is 11.5. The lowest BCUT2D eigenvalue weighted by molar-refractivity contribution is 0.132. The topological polar surface area (TPSA) is 71.7 Å². The average Bonchev–Trinajstić information content (AvgIpc) is 2.77. The fourth-order valence-corrected chi connectivity index (χ4v) is 1.18. The molecule has 2 rings (SSSR count). The molecule has 0 aromatic heterocycles. The highest BCUT2D eigenvalue weighted by molar-refractivity contribution is 5.73. The highest BCUT2D eigenvalue weighted by Crippen LogP contribution is 1.96. The number of rotatable bonds is 0. The van der Waals surface area contributed by atoms with Crippen LogP contribution in [0.25, 0.3) is 0 Å². The molecule has 2 amide bonds. The summed E-state index contributed by atoms with van der Waals surface area (Å²) in [5, 5.41) is 3.06. The largest absolute Gasteiger partial charge is 0.350 e. The molecular formula is C5H12N6O. The van der Waals surface area contributed by atoms with Gasteiger partial charge in [-0.25, -0.2) is 25.7 Å². The van der Waals surface area contributed by atoms with Crippen LogP contribution < -0.4 is 21.9 Å². The minimum absolute atomic E-state index is 0.0648. The fourth-order valence-electron chi connectivity index (χ4n) is 1.18. The van der Waals surface area contributed by atoms with E-state index in [2.05, 4.69) is 21.9 Å². The zero-order chi connectivity index (χ0) is 8.39. The van der Waals surface area contributed by atoms with Gasteiger partial charge in [0, 0.05) is 13.1 Å².